The van der Waals surface area contributed by atoms with Crippen molar-refractivity contribution < 1.29 is 32.3 Å². The fraction of sp³-hybridized carbons (Fsp3) is 0.360. The molecule has 2 aromatic rings. The molecule has 38 heavy (non-hydrogen) atoms. The van der Waals surface area contributed by atoms with Gasteiger partial charge in [-0.3, -0.25) is 19.8 Å². The van der Waals surface area contributed by atoms with Gasteiger partial charge in [-0.15, -0.1) is 0 Å². The minimum absolute atomic E-state index is 0.0650. The molecular formula is C25H31N5O7S. The highest BCUT2D eigenvalue weighted by Gasteiger charge is 2.39. The first-order valence-corrected chi connectivity index (χ1v) is 13.3. The summed E-state index contributed by atoms with van der Waals surface area (Å²) in [6.07, 6.45) is 0.377. The Morgan fingerprint density at radius 2 is 1.76 bits per heavy atom. The Kier molecular flexibility index (Phi) is 9.42. The van der Waals surface area contributed by atoms with E-state index in [4.69, 9.17) is 15.9 Å². The standard InChI is InChI=1S/C25H31N5O7S/c1-36-18-9-11-19(12-10-18)38(34,35)29-20(14-22(31)37-2)25(33)30-13-3-4-21(30)24(32)28-15-16-5-7-17(8-6-16)23(26)27/h5-12,20-21,29H,3-4,13-15H2,1-2H3,(H3,26,27)(H,28,32)/t20-,21-/m0/s1. The Bertz CT molecular complexity index is 1280. The van der Waals surface area contributed by atoms with Crippen LogP contribution >= 0.6 is 0 Å². The molecule has 2 amide bonds. The van der Waals surface area contributed by atoms with E-state index in [-0.39, 0.29) is 23.8 Å². The molecule has 0 spiro atoms. The zero-order valence-corrected chi connectivity index (χ0v) is 21.9. The molecule has 1 aliphatic rings. The van der Waals surface area contributed by atoms with E-state index in [1.54, 1.807) is 24.3 Å². The molecule has 204 valence electrons. The second kappa shape index (κ2) is 12.5. The molecule has 13 heteroatoms. The topological polar surface area (TPSA) is 181 Å². The van der Waals surface area contributed by atoms with Gasteiger partial charge < -0.3 is 25.4 Å². The van der Waals surface area contributed by atoms with Gasteiger partial charge >= 0.3 is 5.97 Å². The summed E-state index contributed by atoms with van der Waals surface area (Å²) in [6.45, 7) is 0.414. The molecule has 2 aromatic carbocycles. The summed E-state index contributed by atoms with van der Waals surface area (Å²) in [4.78, 5) is 39.6. The fourth-order valence-electron chi connectivity index (χ4n) is 4.05. The van der Waals surface area contributed by atoms with Crippen LogP contribution in [0.3, 0.4) is 0 Å². The molecule has 1 aliphatic heterocycles. The van der Waals surface area contributed by atoms with Crippen molar-refractivity contribution in [3.05, 3.63) is 59.7 Å². The van der Waals surface area contributed by atoms with Gasteiger partial charge in [-0.2, -0.15) is 4.72 Å². The van der Waals surface area contributed by atoms with Gasteiger partial charge in [0.2, 0.25) is 21.8 Å². The third-order valence-corrected chi connectivity index (χ3v) is 7.62. The lowest BCUT2D eigenvalue weighted by molar-refractivity contribution is -0.146. The highest BCUT2D eigenvalue weighted by Crippen LogP contribution is 2.21. The number of amidine groups is 1. The molecule has 0 radical (unpaired) electrons. The second-order valence-electron chi connectivity index (χ2n) is 8.65. The van der Waals surface area contributed by atoms with Gasteiger partial charge in [0.15, 0.2) is 0 Å². The molecule has 0 unspecified atom stereocenters. The first-order chi connectivity index (χ1) is 18.1. The number of amides is 2. The molecule has 12 nitrogen and oxygen atoms in total. The average Bonchev–Trinajstić information content (AvgIpc) is 3.41. The highest BCUT2D eigenvalue weighted by molar-refractivity contribution is 7.89. The Hall–Kier alpha value is -3.97. The van der Waals surface area contributed by atoms with Crippen LogP contribution in [0.5, 0.6) is 5.75 Å². The van der Waals surface area contributed by atoms with Crippen LogP contribution in [0.2, 0.25) is 0 Å². The van der Waals surface area contributed by atoms with Crippen LogP contribution in [0.25, 0.3) is 0 Å². The van der Waals surface area contributed by atoms with E-state index in [0.29, 0.717) is 24.2 Å². The van der Waals surface area contributed by atoms with Crippen molar-refractivity contribution in [2.45, 2.75) is 42.8 Å². The Morgan fingerprint density at radius 3 is 2.34 bits per heavy atom. The number of esters is 1. The number of sulfonamides is 1. The summed E-state index contributed by atoms with van der Waals surface area (Å²) < 4.78 is 38.0. The van der Waals surface area contributed by atoms with Gasteiger partial charge in [0.05, 0.1) is 25.5 Å². The number of benzene rings is 2. The Labute approximate surface area is 221 Å². The lowest BCUT2D eigenvalue weighted by atomic mass is 10.1. The number of nitrogens with two attached hydrogens (primary N) is 1. The van der Waals surface area contributed by atoms with E-state index in [1.807, 2.05) is 0 Å². The first-order valence-electron chi connectivity index (χ1n) is 11.8. The van der Waals surface area contributed by atoms with E-state index in [0.717, 1.165) is 12.7 Å². The summed E-state index contributed by atoms with van der Waals surface area (Å²) in [5.41, 5.74) is 6.79. The third-order valence-electron chi connectivity index (χ3n) is 6.13. The second-order valence-corrected chi connectivity index (χ2v) is 10.4. The third kappa shape index (κ3) is 7.07. The lowest BCUT2D eigenvalue weighted by Crippen LogP contribution is -2.54. The number of nitrogen functional groups attached to an aromatic ring is 1. The molecule has 1 saturated heterocycles. The van der Waals surface area contributed by atoms with Crippen LogP contribution in [0, 0.1) is 5.41 Å². The van der Waals surface area contributed by atoms with Crippen molar-refractivity contribution in [3.8, 4) is 5.75 Å². The predicted octanol–water partition coefficient (Wildman–Crippen LogP) is 0.497. The number of likely N-dealkylation sites (tertiary alicyclic amines) is 1. The normalized spacial score (nSPS) is 15.9. The van der Waals surface area contributed by atoms with Gasteiger partial charge in [0, 0.05) is 18.7 Å². The molecule has 0 aromatic heterocycles. The van der Waals surface area contributed by atoms with Crippen molar-refractivity contribution in [2.75, 3.05) is 20.8 Å². The van der Waals surface area contributed by atoms with Gasteiger partial charge in [-0.05, 0) is 42.7 Å². The fourth-order valence-corrected chi connectivity index (χ4v) is 5.24. The average molecular weight is 546 g/mol. The van der Waals surface area contributed by atoms with E-state index < -0.39 is 46.3 Å². The van der Waals surface area contributed by atoms with E-state index >= 15 is 0 Å². The number of carbonyl (C=O) groups excluding carboxylic acids is 3. The maximum absolute atomic E-state index is 13.5. The number of ether oxygens (including phenoxy) is 2. The minimum atomic E-state index is -4.19. The van der Waals surface area contributed by atoms with Crippen LogP contribution in [0.1, 0.15) is 30.4 Å². The van der Waals surface area contributed by atoms with Crippen LogP contribution in [0.4, 0.5) is 0 Å². The molecule has 3 rings (SSSR count). The van der Waals surface area contributed by atoms with E-state index in [1.165, 1.54) is 36.3 Å². The van der Waals surface area contributed by atoms with Gasteiger partial charge in [-0.1, -0.05) is 24.3 Å². The van der Waals surface area contributed by atoms with Crippen LogP contribution in [-0.2, 0) is 35.7 Å². The van der Waals surface area contributed by atoms with Crippen LogP contribution in [-0.4, -0.2) is 69.8 Å². The monoisotopic (exact) mass is 545 g/mol. The molecular weight excluding hydrogens is 514 g/mol. The molecule has 1 fully saturated rings. The van der Waals surface area contributed by atoms with Crippen molar-refractivity contribution in [1.29, 1.82) is 5.41 Å². The van der Waals surface area contributed by atoms with E-state index in [2.05, 4.69) is 14.8 Å². The van der Waals surface area contributed by atoms with Crippen molar-refractivity contribution in [1.82, 2.24) is 14.9 Å². The van der Waals surface area contributed by atoms with Gasteiger partial charge in [0.25, 0.3) is 0 Å². The molecule has 2 atom stereocenters. The van der Waals surface area contributed by atoms with E-state index in [9.17, 15) is 22.8 Å². The highest BCUT2D eigenvalue weighted by atomic mass is 32.2. The number of rotatable bonds is 11. The predicted molar refractivity (Wildman–Crippen MR) is 138 cm³/mol. The maximum Gasteiger partial charge on any atom is 0.307 e. The summed E-state index contributed by atoms with van der Waals surface area (Å²) in [5.74, 6) is -1.50. The lowest BCUT2D eigenvalue weighted by Gasteiger charge is -2.28. The van der Waals surface area contributed by atoms with Gasteiger partial charge in [-0.25, -0.2) is 8.42 Å². The first kappa shape index (κ1) is 28.6. The quantitative estimate of drug-likeness (QED) is 0.179. The molecule has 0 saturated carbocycles. The van der Waals surface area contributed by atoms with Crippen LogP contribution < -0.4 is 20.5 Å². The molecule has 1 heterocycles. The number of methoxy groups -OCH3 is 2. The minimum Gasteiger partial charge on any atom is -0.497 e. The Balaban J connectivity index is 1.73. The molecule has 0 aliphatic carbocycles. The number of carbonyl (C=O) groups is 3. The maximum atomic E-state index is 13.5. The van der Waals surface area contributed by atoms with Crippen molar-refractivity contribution in [2.24, 2.45) is 5.73 Å². The van der Waals surface area contributed by atoms with Crippen molar-refractivity contribution >= 4 is 33.6 Å². The summed E-state index contributed by atoms with van der Waals surface area (Å²) in [7, 11) is -1.61. The number of nitrogens with zero attached hydrogens (tertiary/aromatic N) is 1. The molecule has 0 bridgehead atoms. The smallest absolute Gasteiger partial charge is 0.307 e. The number of hydrogen-bond donors (Lipinski definition) is 4. The largest absolute Gasteiger partial charge is 0.497 e. The number of hydrogen-bond acceptors (Lipinski definition) is 8. The van der Waals surface area contributed by atoms with Crippen molar-refractivity contribution in [3.63, 3.8) is 0 Å². The zero-order chi connectivity index (χ0) is 27.9. The summed E-state index contributed by atoms with van der Waals surface area (Å²) in [6, 6.07) is 10.0. The van der Waals surface area contributed by atoms with Gasteiger partial charge in [0.1, 0.15) is 23.7 Å². The van der Waals surface area contributed by atoms with Crippen LogP contribution in [0.15, 0.2) is 53.4 Å². The summed E-state index contributed by atoms with van der Waals surface area (Å²) >= 11 is 0. The Morgan fingerprint density at radius 1 is 1.11 bits per heavy atom. The number of nitrogens with one attached hydrogen (secondary N) is 3. The summed E-state index contributed by atoms with van der Waals surface area (Å²) in [5, 5.41) is 10.2. The zero-order valence-electron chi connectivity index (χ0n) is 21.1. The SMILES string of the molecule is COC(=O)C[C@H](NS(=O)(=O)c1ccc(OC)cc1)C(=O)N1CCC[C@H]1C(=O)NCc1ccc(C(=N)N)cc1. The molecule has 5 N–H and O–H groups in total.